The van der Waals surface area contributed by atoms with E-state index in [1.807, 2.05) is 32.9 Å². The van der Waals surface area contributed by atoms with Crippen molar-refractivity contribution in [2.24, 2.45) is 0 Å². The second kappa shape index (κ2) is 9.44. The molecule has 10 heteroatoms. The zero-order chi connectivity index (χ0) is 25.3. The van der Waals surface area contributed by atoms with Gasteiger partial charge in [-0.3, -0.25) is 4.79 Å². The minimum absolute atomic E-state index is 0.0153. The maximum absolute atomic E-state index is 13.4. The van der Waals surface area contributed by atoms with Gasteiger partial charge in [-0.2, -0.15) is 0 Å². The highest BCUT2D eigenvalue weighted by molar-refractivity contribution is 6.02. The van der Waals surface area contributed by atoms with Gasteiger partial charge in [0.2, 0.25) is 0 Å². The molecule has 7 nitrogen and oxygen atoms in total. The summed E-state index contributed by atoms with van der Waals surface area (Å²) in [4.78, 5) is 30.7. The van der Waals surface area contributed by atoms with Crippen LogP contribution in [0.15, 0.2) is 42.9 Å². The molecule has 4 rings (SSSR count). The lowest BCUT2D eigenvalue weighted by atomic mass is 9.99. The van der Waals surface area contributed by atoms with Crippen molar-refractivity contribution >= 4 is 17.7 Å². The summed E-state index contributed by atoms with van der Waals surface area (Å²) in [5.41, 5.74) is 2.32. The predicted octanol–water partition coefficient (Wildman–Crippen LogP) is 4.89. The minimum Gasteiger partial charge on any atom is -0.444 e. The third-order valence-electron chi connectivity index (χ3n) is 5.40. The summed E-state index contributed by atoms with van der Waals surface area (Å²) in [7, 11) is 0. The standard InChI is InChI=1S/C25H25F3N4O3/c1-25(2,3)35-24(34)32-7-6-16-10-18(5-4-17(16)12-32)30-23(33)21-13-31(14-29-21)11-15-8-19(26)22(28)20(27)9-15/h4-5,8-10,13-14H,6-7,11-12H2,1-3H3,(H,30,33). The van der Waals surface area contributed by atoms with E-state index in [0.29, 0.717) is 25.2 Å². The van der Waals surface area contributed by atoms with E-state index in [-0.39, 0.29) is 23.9 Å². The molecule has 0 spiro atoms. The molecule has 1 aliphatic rings. The third kappa shape index (κ3) is 5.82. The van der Waals surface area contributed by atoms with E-state index in [9.17, 15) is 22.8 Å². The lowest BCUT2D eigenvalue weighted by Gasteiger charge is -2.31. The van der Waals surface area contributed by atoms with E-state index in [4.69, 9.17) is 4.74 Å². The highest BCUT2D eigenvalue weighted by Crippen LogP contribution is 2.24. The van der Waals surface area contributed by atoms with Gasteiger partial charge in [0, 0.05) is 31.5 Å². The molecule has 0 aliphatic carbocycles. The molecule has 0 saturated carbocycles. The zero-order valence-corrected chi connectivity index (χ0v) is 19.6. The lowest BCUT2D eigenvalue weighted by molar-refractivity contribution is 0.0224. The molecule has 0 unspecified atom stereocenters. The van der Waals surface area contributed by atoms with Gasteiger partial charge < -0.3 is 19.5 Å². The number of amides is 2. The van der Waals surface area contributed by atoms with Crippen LogP contribution < -0.4 is 5.32 Å². The van der Waals surface area contributed by atoms with Crippen molar-refractivity contribution in [2.75, 3.05) is 11.9 Å². The summed E-state index contributed by atoms with van der Waals surface area (Å²) in [6.07, 6.45) is 3.05. The largest absolute Gasteiger partial charge is 0.444 e. The SMILES string of the molecule is CC(C)(C)OC(=O)N1CCc2cc(NC(=O)c3cn(Cc4cc(F)c(F)c(F)c4)cn3)ccc2C1. The molecule has 2 aromatic carbocycles. The molecule has 184 valence electrons. The minimum atomic E-state index is -1.53. The molecule has 2 heterocycles. The molecule has 0 atom stereocenters. The Hall–Kier alpha value is -3.82. The van der Waals surface area contributed by atoms with Crippen molar-refractivity contribution in [3.05, 3.63) is 82.7 Å². The highest BCUT2D eigenvalue weighted by atomic mass is 19.2. The quantitative estimate of drug-likeness (QED) is 0.533. The molecule has 3 aromatic rings. The van der Waals surface area contributed by atoms with Gasteiger partial charge in [-0.05, 0) is 68.1 Å². The molecular formula is C25H25F3N4O3. The Labute approximate surface area is 200 Å². The van der Waals surface area contributed by atoms with Crippen molar-refractivity contribution in [1.29, 1.82) is 0 Å². The van der Waals surface area contributed by atoms with Crippen molar-refractivity contribution in [1.82, 2.24) is 14.5 Å². The van der Waals surface area contributed by atoms with E-state index in [1.54, 1.807) is 11.0 Å². The van der Waals surface area contributed by atoms with Crippen molar-refractivity contribution in [3.8, 4) is 0 Å². The Balaban J connectivity index is 1.39. The summed E-state index contributed by atoms with van der Waals surface area (Å²) in [6, 6.07) is 7.26. The lowest BCUT2D eigenvalue weighted by Crippen LogP contribution is -2.39. The number of carbonyl (C=O) groups is 2. The van der Waals surface area contributed by atoms with Gasteiger partial charge in [-0.25, -0.2) is 22.9 Å². The van der Waals surface area contributed by atoms with E-state index < -0.39 is 29.0 Å². The van der Waals surface area contributed by atoms with Crippen LogP contribution in [0.2, 0.25) is 0 Å². The van der Waals surface area contributed by atoms with Crippen molar-refractivity contribution in [2.45, 2.75) is 45.9 Å². The number of imidazole rings is 1. The number of anilines is 1. The summed E-state index contributed by atoms with van der Waals surface area (Å²) < 4.78 is 46.9. The summed E-state index contributed by atoms with van der Waals surface area (Å²) in [5, 5.41) is 2.79. The van der Waals surface area contributed by atoms with Crippen LogP contribution in [0, 0.1) is 17.5 Å². The van der Waals surface area contributed by atoms with Gasteiger partial charge in [0.05, 0.1) is 6.33 Å². The second-order valence-corrected chi connectivity index (χ2v) is 9.39. The maximum Gasteiger partial charge on any atom is 0.410 e. The number of ether oxygens (including phenoxy) is 1. The average Bonchev–Trinajstić information content (AvgIpc) is 3.24. The van der Waals surface area contributed by atoms with E-state index >= 15 is 0 Å². The van der Waals surface area contributed by atoms with Gasteiger partial charge in [-0.1, -0.05) is 6.07 Å². The van der Waals surface area contributed by atoms with Gasteiger partial charge in [-0.15, -0.1) is 0 Å². The number of nitrogens with one attached hydrogen (secondary N) is 1. The fraction of sp³-hybridized carbons (Fsp3) is 0.320. The van der Waals surface area contributed by atoms with Crippen LogP contribution >= 0.6 is 0 Å². The Kier molecular flexibility index (Phi) is 6.56. The van der Waals surface area contributed by atoms with Gasteiger partial charge >= 0.3 is 6.09 Å². The second-order valence-electron chi connectivity index (χ2n) is 9.39. The topological polar surface area (TPSA) is 76.5 Å². The molecule has 0 fully saturated rings. The molecule has 1 aliphatic heterocycles. The number of benzene rings is 2. The summed E-state index contributed by atoms with van der Waals surface area (Å²) in [6.45, 7) is 6.42. The van der Waals surface area contributed by atoms with Crippen molar-refractivity contribution < 1.29 is 27.5 Å². The normalized spacial score (nSPS) is 13.4. The summed E-state index contributed by atoms with van der Waals surface area (Å²) >= 11 is 0. The Morgan fingerprint density at radius 3 is 2.49 bits per heavy atom. The maximum atomic E-state index is 13.4. The zero-order valence-electron chi connectivity index (χ0n) is 19.6. The van der Waals surface area contributed by atoms with E-state index in [2.05, 4.69) is 10.3 Å². The molecule has 1 N–H and O–H groups in total. The molecule has 35 heavy (non-hydrogen) atoms. The monoisotopic (exact) mass is 486 g/mol. The van der Waals surface area contributed by atoms with Crippen LogP contribution in [0.5, 0.6) is 0 Å². The first-order chi connectivity index (χ1) is 16.5. The molecule has 1 aromatic heterocycles. The van der Waals surface area contributed by atoms with Crippen LogP contribution in [-0.2, 0) is 24.2 Å². The van der Waals surface area contributed by atoms with E-state index in [1.165, 1.54) is 17.1 Å². The van der Waals surface area contributed by atoms with Crippen LogP contribution in [0.25, 0.3) is 0 Å². The van der Waals surface area contributed by atoms with Crippen LogP contribution in [-0.4, -0.2) is 38.6 Å². The summed E-state index contributed by atoms with van der Waals surface area (Å²) in [5.74, 6) is -4.53. The molecular weight excluding hydrogens is 461 g/mol. The molecule has 0 saturated heterocycles. The molecule has 2 amide bonds. The van der Waals surface area contributed by atoms with E-state index in [0.717, 1.165) is 23.3 Å². The van der Waals surface area contributed by atoms with Gasteiger partial charge in [0.1, 0.15) is 11.3 Å². The number of halogens is 3. The van der Waals surface area contributed by atoms with Gasteiger partial charge in [0.25, 0.3) is 5.91 Å². The molecule has 0 bridgehead atoms. The Morgan fingerprint density at radius 2 is 1.80 bits per heavy atom. The number of aromatic nitrogens is 2. The molecule has 0 radical (unpaired) electrons. The fourth-order valence-corrected chi connectivity index (χ4v) is 3.78. The first-order valence-corrected chi connectivity index (χ1v) is 11.0. The number of hydrogen-bond donors (Lipinski definition) is 1. The first-order valence-electron chi connectivity index (χ1n) is 11.0. The van der Waals surface area contributed by atoms with Crippen molar-refractivity contribution in [3.63, 3.8) is 0 Å². The van der Waals surface area contributed by atoms with Crippen LogP contribution in [0.4, 0.5) is 23.7 Å². The number of hydrogen-bond acceptors (Lipinski definition) is 4. The van der Waals surface area contributed by atoms with Crippen LogP contribution in [0.3, 0.4) is 0 Å². The Bertz CT molecular complexity index is 1260. The predicted molar refractivity (Wildman–Crippen MR) is 122 cm³/mol. The highest BCUT2D eigenvalue weighted by Gasteiger charge is 2.26. The van der Waals surface area contributed by atoms with Crippen LogP contribution in [0.1, 0.15) is 48.0 Å². The number of rotatable bonds is 4. The average molecular weight is 486 g/mol. The fourth-order valence-electron chi connectivity index (χ4n) is 3.78. The van der Waals surface area contributed by atoms with Gasteiger partial charge in [0.15, 0.2) is 17.5 Å². The third-order valence-corrected chi connectivity index (χ3v) is 5.40. The Morgan fingerprint density at radius 1 is 1.09 bits per heavy atom. The smallest absolute Gasteiger partial charge is 0.410 e. The number of fused-ring (bicyclic) bond motifs is 1. The number of nitrogens with zero attached hydrogens (tertiary/aromatic N) is 3. The first kappa shape index (κ1) is 24.3. The number of carbonyl (C=O) groups excluding carboxylic acids is 2.